The molecule has 2 aromatic rings. The van der Waals surface area contributed by atoms with Crippen LogP contribution in [0.4, 0.5) is 0 Å². The fourth-order valence-corrected chi connectivity index (χ4v) is 3.39. The second-order valence-corrected chi connectivity index (χ2v) is 6.45. The van der Waals surface area contributed by atoms with Crippen molar-refractivity contribution in [1.82, 2.24) is 0 Å². The second-order valence-electron chi connectivity index (χ2n) is 6.45. The van der Waals surface area contributed by atoms with E-state index in [1.54, 1.807) is 0 Å². The molecule has 0 N–H and O–H groups in total. The van der Waals surface area contributed by atoms with E-state index in [2.05, 4.69) is 98.8 Å². The summed E-state index contributed by atoms with van der Waals surface area (Å²) in [5.41, 5.74) is 8.25. The molecule has 0 spiro atoms. The summed E-state index contributed by atoms with van der Waals surface area (Å²) in [4.78, 5) is 0. The molecule has 2 aromatic carbocycles. The molecule has 0 radical (unpaired) electrons. The summed E-state index contributed by atoms with van der Waals surface area (Å²) in [5.74, 6) is 0. The number of hydrogen-bond donors (Lipinski definition) is 0. The van der Waals surface area contributed by atoms with Gasteiger partial charge >= 0.3 is 17.1 Å². The number of allylic oxidation sites excluding steroid dienone is 8. The average Bonchev–Trinajstić information content (AvgIpc) is 3.42. The van der Waals surface area contributed by atoms with Crippen LogP contribution in [-0.4, -0.2) is 0 Å². The van der Waals surface area contributed by atoms with Gasteiger partial charge in [-0.1, -0.05) is 84.6 Å². The van der Waals surface area contributed by atoms with Crippen molar-refractivity contribution >= 4 is 11.1 Å². The first-order valence-corrected chi connectivity index (χ1v) is 9.53. The summed E-state index contributed by atoms with van der Waals surface area (Å²) in [7, 11) is 0. The molecule has 0 nitrogen and oxygen atoms in total. The summed E-state index contributed by atoms with van der Waals surface area (Å²) in [5, 5.41) is 0. The summed E-state index contributed by atoms with van der Waals surface area (Å²) in [6.07, 6.45) is 19.2. The Morgan fingerprint density at radius 2 is 1.07 bits per heavy atom. The zero-order valence-electron chi connectivity index (χ0n) is 16.1. The van der Waals surface area contributed by atoms with Gasteiger partial charge in [0.2, 0.25) is 0 Å². The van der Waals surface area contributed by atoms with E-state index in [0.29, 0.717) is 0 Å². The average molecular weight is 394 g/mol. The first-order valence-electron chi connectivity index (χ1n) is 9.53. The molecule has 0 fully saturated rings. The zero-order chi connectivity index (χ0) is 18.2. The van der Waals surface area contributed by atoms with Gasteiger partial charge in [-0.3, -0.25) is 12.2 Å². The van der Waals surface area contributed by atoms with Crippen LogP contribution in [0.5, 0.6) is 0 Å². The Morgan fingerprint density at radius 3 is 1.41 bits per heavy atom. The van der Waals surface area contributed by atoms with Crippen molar-refractivity contribution in [2.75, 3.05) is 0 Å². The van der Waals surface area contributed by atoms with Gasteiger partial charge in [-0.25, -0.2) is 12.2 Å². The van der Waals surface area contributed by atoms with Crippen molar-refractivity contribution < 1.29 is 17.1 Å². The Morgan fingerprint density at radius 1 is 0.667 bits per heavy atom. The summed E-state index contributed by atoms with van der Waals surface area (Å²) in [6.45, 7) is 4.39. The van der Waals surface area contributed by atoms with Crippen molar-refractivity contribution in [3.8, 4) is 0 Å². The molecule has 27 heavy (non-hydrogen) atoms. The molecule has 0 bridgehead atoms. The largest absolute Gasteiger partial charge is 2.00 e. The van der Waals surface area contributed by atoms with Gasteiger partial charge in [0.05, 0.1) is 0 Å². The Hall–Kier alpha value is -2.08. The van der Waals surface area contributed by atoms with Gasteiger partial charge in [0, 0.05) is 0 Å². The molecule has 0 heterocycles. The van der Waals surface area contributed by atoms with Crippen molar-refractivity contribution in [2.24, 2.45) is 0 Å². The molecule has 4 rings (SSSR count). The Bertz CT molecular complexity index is 792. The van der Waals surface area contributed by atoms with Gasteiger partial charge in [0.1, 0.15) is 0 Å². The molecule has 0 saturated heterocycles. The Kier molecular flexibility index (Phi) is 8.58. The fraction of sp³-hybridized carbons (Fsp3) is 0.231. The van der Waals surface area contributed by atoms with Gasteiger partial charge in [-0.2, -0.15) is 23.3 Å². The van der Waals surface area contributed by atoms with Gasteiger partial charge in [-0.05, 0) is 12.8 Å². The van der Waals surface area contributed by atoms with Gasteiger partial charge < -0.3 is 0 Å². The summed E-state index contributed by atoms with van der Waals surface area (Å²) in [6, 6.07) is 17.2. The maximum Gasteiger partial charge on any atom is 2.00 e. The van der Waals surface area contributed by atoms with Crippen LogP contribution in [0.3, 0.4) is 0 Å². The van der Waals surface area contributed by atoms with Crippen LogP contribution in [0.15, 0.2) is 72.8 Å². The standard InChI is InChI=1S/2C13H13.Fe/c2*1-2-11-7-5-6-10-13(11)12-8-3-4-9-12;/h2*5-10H,2-3H2,1H3;/q2*-1;+2. The van der Waals surface area contributed by atoms with Gasteiger partial charge in [-0.15, -0.1) is 12.8 Å². The molecule has 2 aliphatic rings. The summed E-state index contributed by atoms with van der Waals surface area (Å²) < 4.78 is 0. The number of aryl methyl sites for hydroxylation is 2. The quantitative estimate of drug-likeness (QED) is 0.396. The maximum atomic E-state index is 3.20. The van der Waals surface area contributed by atoms with E-state index in [0.717, 1.165) is 25.7 Å². The summed E-state index contributed by atoms with van der Waals surface area (Å²) >= 11 is 0. The van der Waals surface area contributed by atoms with E-state index >= 15 is 0 Å². The fourth-order valence-electron chi connectivity index (χ4n) is 3.39. The molecule has 0 aromatic heterocycles. The van der Waals surface area contributed by atoms with Crippen molar-refractivity contribution in [3.63, 3.8) is 0 Å². The maximum absolute atomic E-state index is 3.20. The van der Waals surface area contributed by atoms with Crippen LogP contribution >= 0.6 is 0 Å². The van der Waals surface area contributed by atoms with Crippen molar-refractivity contribution in [3.05, 3.63) is 107 Å². The minimum absolute atomic E-state index is 0. The predicted octanol–water partition coefficient (Wildman–Crippen LogP) is 6.79. The zero-order valence-corrected chi connectivity index (χ0v) is 17.2. The van der Waals surface area contributed by atoms with E-state index in [4.69, 9.17) is 0 Å². The third-order valence-electron chi connectivity index (χ3n) is 4.81. The minimum Gasteiger partial charge on any atom is -0.272 e. The normalized spacial score (nSPS) is 14.1. The monoisotopic (exact) mass is 394 g/mol. The Labute approximate surface area is 174 Å². The molecule has 2 aliphatic carbocycles. The number of hydrogen-bond acceptors (Lipinski definition) is 0. The topological polar surface area (TPSA) is 0 Å². The van der Waals surface area contributed by atoms with Crippen molar-refractivity contribution in [1.29, 1.82) is 0 Å². The second kappa shape index (κ2) is 10.9. The molecule has 138 valence electrons. The van der Waals surface area contributed by atoms with Crippen LogP contribution in [0.25, 0.3) is 11.1 Å². The van der Waals surface area contributed by atoms with Crippen LogP contribution < -0.4 is 0 Å². The van der Waals surface area contributed by atoms with Crippen LogP contribution in [-0.2, 0) is 29.9 Å². The smallest absolute Gasteiger partial charge is 0.272 e. The van der Waals surface area contributed by atoms with Crippen LogP contribution in [0, 0.1) is 12.2 Å². The molecular weight excluding hydrogens is 368 g/mol. The molecular formula is C26H26Fe. The molecule has 0 saturated carbocycles. The third kappa shape index (κ3) is 5.45. The SMILES string of the molecule is CCc1ccccc1C1=CC[C-]=C1.CCc1ccccc1C1=CC[C-]=C1.[Fe+2]. The third-order valence-corrected chi connectivity index (χ3v) is 4.81. The molecule has 1 heteroatoms. The van der Waals surface area contributed by atoms with E-state index in [1.807, 2.05) is 0 Å². The van der Waals surface area contributed by atoms with E-state index in [-0.39, 0.29) is 17.1 Å². The van der Waals surface area contributed by atoms with E-state index in [1.165, 1.54) is 33.4 Å². The van der Waals surface area contributed by atoms with Crippen LogP contribution in [0.2, 0.25) is 0 Å². The molecule has 0 aliphatic heterocycles. The van der Waals surface area contributed by atoms with E-state index in [9.17, 15) is 0 Å². The van der Waals surface area contributed by atoms with Crippen molar-refractivity contribution in [2.45, 2.75) is 39.5 Å². The van der Waals surface area contributed by atoms with Gasteiger partial charge in [0.25, 0.3) is 0 Å². The number of rotatable bonds is 4. The molecule has 0 unspecified atom stereocenters. The molecule has 0 amide bonds. The Balaban J connectivity index is 0.000000187. The van der Waals surface area contributed by atoms with Gasteiger partial charge in [0.15, 0.2) is 0 Å². The minimum atomic E-state index is 0. The first-order chi connectivity index (χ1) is 12.8. The van der Waals surface area contributed by atoms with Crippen LogP contribution in [0.1, 0.15) is 48.9 Å². The number of benzene rings is 2. The van der Waals surface area contributed by atoms with E-state index < -0.39 is 0 Å². The first kappa shape index (κ1) is 21.2. The predicted molar refractivity (Wildman–Crippen MR) is 112 cm³/mol. The molecule has 0 atom stereocenters.